The minimum Gasteiger partial charge on any atom is -0.393 e. The summed E-state index contributed by atoms with van der Waals surface area (Å²) in [6, 6.07) is 0. The van der Waals surface area contributed by atoms with E-state index in [1.54, 1.807) is 6.92 Å². The maximum absolute atomic E-state index is 11.8. The Morgan fingerprint density at radius 1 is 1.42 bits per heavy atom. The first-order valence-electron chi connectivity index (χ1n) is 7.04. The Labute approximate surface area is 123 Å². The molecular formula is C14H29ClN2O2. The van der Waals surface area contributed by atoms with E-state index in [1.807, 2.05) is 0 Å². The number of piperidine rings is 1. The smallest absolute Gasteiger partial charge is 0.220 e. The molecule has 1 rings (SSSR count). The predicted octanol–water partition coefficient (Wildman–Crippen LogP) is 1.71. The number of rotatable bonds is 6. The van der Waals surface area contributed by atoms with Crippen LogP contribution in [-0.2, 0) is 4.79 Å². The summed E-state index contributed by atoms with van der Waals surface area (Å²) in [6.45, 7) is 8.65. The van der Waals surface area contributed by atoms with Crippen LogP contribution in [0, 0.1) is 11.3 Å². The minimum atomic E-state index is -0.318. The molecule has 1 saturated heterocycles. The molecule has 1 atom stereocenters. The third kappa shape index (κ3) is 8.45. The van der Waals surface area contributed by atoms with Gasteiger partial charge in [0.1, 0.15) is 0 Å². The third-order valence-corrected chi connectivity index (χ3v) is 3.54. The highest BCUT2D eigenvalue weighted by Crippen LogP contribution is 2.21. The molecule has 3 N–H and O–H groups in total. The van der Waals surface area contributed by atoms with Crippen molar-refractivity contribution in [3.8, 4) is 0 Å². The summed E-state index contributed by atoms with van der Waals surface area (Å²) < 4.78 is 0. The molecular weight excluding hydrogens is 264 g/mol. The van der Waals surface area contributed by atoms with Gasteiger partial charge in [-0.3, -0.25) is 4.79 Å². The molecule has 1 amide bonds. The molecule has 1 heterocycles. The van der Waals surface area contributed by atoms with Gasteiger partial charge in [-0.15, -0.1) is 12.4 Å². The maximum atomic E-state index is 11.8. The van der Waals surface area contributed by atoms with E-state index in [0.717, 1.165) is 25.9 Å². The number of nitrogens with one attached hydrogen (secondary N) is 2. The monoisotopic (exact) mass is 292 g/mol. The average Bonchev–Trinajstić information content (AvgIpc) is 2.26. The lowest BCUT2D eigenvalue weighted by Crippen LogP contribution is -2.37. The van der Waals surface area contributed by atoms with E-state index in [-0.39, 0.29) is 29.8 Å². The SMILES string of the molecule is CC(O)CC(C)(C)CNC(=O)CC1CCNCC1.Cl. The molecule has 0 aromatic heterocycles. The number of aliphatic hydroxyl groups is 1. The topological polar surface area (TPSA) is 61.4 Å². The van der Waals surface area contributed by atoms with E-state index in [2.05, 4.69) is 24.5 Å². The van der Waals surface area contributed by atoms with E-state index < -0.39 is 0 Å². The number of hydrogen-bond acceptors (Lipinski definition) is 3. The van der Waals surface area contributed by atoms with Gasteiger partial charge in [0.05, 0.1) is 6.10 Å². The van der Waals surface area contributed by atoms with Gasteiger partial charge < -0.3 is 15.7 Å². The molecule has 0 saturated carbocycles. The highest BCUT2D eigenvalue weighted by Gasteiger charge is 2.22. The van der Waals surface area contributed by atoms with Crippen LogP contribution in [0.25, 0.3) is 0 Å². The van der Waals surface area contributed by atoms with Gasteiger partial charge >= 0.3 is 0 Å². The van der Waals surface area contributed by atoms with Crippen molar-refractivity contribution in [2.24, 2.45) is 11.3 Å². The third-order valence-electron chi connectivity index (χ3n) is 3.54. The Morgan fingerprint density at radius 2 is 2.00 bits per heavy atom. The van der Waals surface area contributed by atoms with Crippen LogP contribution in [0.5, 0.6) is 0 Å². The van der Waals surface area contributed by atoms with Crippen LogP contribution in [0.2, 0.25) is 0 Å². The maximum Gasteiger partial charge on any atom is 0.220 e. The van der Waals surface area contributed by atoms with Crippen LogP contribution in [0.3, 0.4) is 0 Å². The van der Waals surface area contributed by atoms with Crippen molar-refractivity contribution in [1.29, 1.82) is 0 Å². The van der Waals surface area contributed by atoms with Crippen molar-refractivity contribution in [1.82, 2.24) is 10.6 Å². The zero-order valence-corrected chi connectivity index (χ0v) is 13.2. The number of amides is 1. The molecule has 4 nitrogen and oxygen atoms in total. The number of carbonyl (C=O) groups excluding carboxylic acids is 1. The largest absolute Gasteiger partial charge is 0.393 e. The fraction of sp³-hybridized carbons (Fsp3) is 0.929. The summed E-state index contributed by atoms with van der Waals surface area (Å²) in [4.78, 5) is 11.8. The van der Waals surface area contributed by atoms with E-state index >= 15 is 0 Å². The van der Waals surface area contributed by atoms with E-state index in [1.165, 1.54) is 0 Å². The predicted molar refractivity (Wildman–Crippen MR) is 80.5 cm³/mol. The Kier molecular flexibility index (Phi) is 8.62. The molecule has 0 aromatic carbocycles. The lowest BCUT2D eigenvalue weighted by Gasteiger charge is -2.27. The van der Waals surface area contributed by atoms with Crippen molar-refractivity contribution in [3.05, 3.63) is 0 Å². The summed E-state index contributed by atoms with van der Waals surface area (Å²) in [5.41, 5.74) is -0.0437. The van der Waals surface area contributed by atoms with Crippen molar-refractivity contribution in [3.63, 3.8) is 0 Å². The van der Waals surface area contributed by atoms with Gasteiger partial charge in [0.25, 0.3) is 0 Å². The first kappa shape index (κ1) is 18.7. The normalized spacial score (nSPS) is 18.5. The highest BCUT2D eigenvalue weighted by molar-refractivity contribution is 5.85. The number of hydrogen-bond donors (Lipinski definition) is 3. The van der Waals surface area contributed by atoms with Crippen LogP contribution in [0.1, 0.15) is 46.5 Å². The first-order chi connectivity index (χ1) is 8.39. The molecule has 0 aliphatic carbocycles. The number of halogens is 1. The minimum absolute atomic E-state index is 0. The molecule has 0 bridgehead atoms. The fourth-order valence-electron chi connectivity index (χ4n) is 2.63. The molecule has 1 aliphatic rings. The van der Waals surface area contributed by atoms with Crippen LogP contribution in [0.15, 0.2) is 0 Å². The Morgan fingerprint density at radius 3 is 2.53 bits per heavy atom. The molecule has 0 aromatic rings. The van der Waals surface area contributed by atoms with Crippen LogP contribution < -0.4 is 10.6 Å². The fourth-order valence-corrected chi connectivity index (χ4v) is 2.63. The van der Waals surface area contributed by atoms with Crippen molar-refractivity contribution < 1.29 is 9.90 Å². The van der Waals surface area contributed by atoms with E-state index in [0.29, 0.717) is 25.3 Å². The molecule has 114 valence electrons. The van der Waals surface area contributed by atoms with Crippen LogP contribution in [0.4, 0.5) is 0 Å². The highest BCUT2D eigenvalue weighted by atomic mass is 35.5. The van der Waals surface area contributed by atoms with Crippen LogP contribution in [-0.4, -0.2) is 36.8 Å². The summed E-state index contributed by atoms with van der Waals surface area (Å²) in [7, 11) is 0. The van der Waals surface area contributed by atoms with E-state index in [9.17, 15) is 9.90 Å². The Bertz CT molecular complexity index is 264. The van der Waals surface area contributed by atoms with Crippen molar-refractivity contribution in [2.75, 3.05) is 19.6 Å². The van der Waals surface area contributed by atoms with Gasteiger partial charge in [-0.25, -0.2) is 0 Å². The summed E-state index contributed by atoms with van der Waals surface area (Å²) in [5.74, 6) is 0.687. The van der Waals surface area contributed by atoms with E-state index in [4.69, 9.17) is 0 Å². The van der Waals surface area contributed by atoms with Gasteiger partial charge in [0.2, 0.25) is 5.91 Å². The molecule has 19 heavy (non-hydrogen) atoms. The zero-order valence-electron chi connectivity index (χ0n) is 12.4. The quantitative estimate of drug-likeness (QED) is 0.698. The zero-order chi connectivity index (χ0) is 13.6. The Balaban J connectivity index is 0.00000324. The van der Waals surface area contributed by atoms with Crippen LogP contribution >= 0.6 is 12.4 Å². The van der Waals surface area contributed by atoms with Crippen molar-refractivity contribution in [2.45, 2.75) is 52.6 Å². The molecule has 0 spiro atoms. The first-order valence-corrected chi connectivity index (χ1v) is 7.04. The Hall–Kier alpha value is -0.320. The standard InChI is InChI=1S/C14H28N2O2.ClH/c1-11(17)9-14(2,3)10-16-13(18)8-12-4-6-15-7-5-12;/h11-12,15,17H,4-10H2,1-3H3,(H,16,18);1H. The van der Waals surface area contributed by atoms with Crippen molar-refractivity contribution >= 4 is 18.3 Å². The van der Waals surface area contributed by atoms with Gasteiger partial charge in [-0.05, 0) is 50.6 Å². The lowest BCUT2D eigenvalue weighted by atomic mass is 9.86. The lowest BCUT2D eigenvalue weighted by molar-refractivity contribution is -0.122. The number of carbonyl (C=O) groups is 1. The molecule has 1 aliphatic heterocycles. The second-order valence-corrected chi connectivity index (χ2v) is 6.39. The van der Waals surface area contributed by atoms with Gasteiger partial charge in [-0.1, -0.05) is 13.8 Å². The second kappa shape index (κ2) is 8.77. The molecule has 0 radical (unpaired) electrons. The number of aliphatic hydroxyl groups excluding tert-OH is 1. The summed E-state index contributed by atoms with van der Waals surface area (Å²) in [5, 5.41) is 15.7. The molecule has 1 unspecified atom stereocenters. The summed E-state index contributed by atoms with van der Waals surface area (Å²) in [6.07, 6.45) is 3.24. The summed E-state index contributed by atoms with van der Waals surface area (Å²) >= 11 is 0. The van der Waals surface area contributed by atoms with Gasteiger partial charge in [0.15, 0.2) is 0 Å². The van der Waals surface area contributed by atoms with Gasteiger partial charge in [0, 0.05) is 13.0 Å². The van der Waals surface area contributed by atoms with Gasteiger partial charge in [-0.2, -0.15) is 0 Å². The molecule has 1 fully saturated rings. The second-order valence-electron chi connectivity index (χ2n) is 6.39. The molecule has 5 heteroatoms. The average molecular weight is 293 g/mol.